The van der Waals surface area contributed by atoms with Crippen molar-refractivity contribution in [1.29, 1.82) is 0 Å². The molecule has 10 aromatic rings. The highest BCUT2D eigenvalue weighted by Gasteiger charge is 2.17. The van der Waals surface area contributed by atoms with Gasteiger partial charge in [-0.1, -0.05) is 121 Å². The number of hydrogen-bond acceptors (Lipinski definition) is 4. The fourth-order valence-electron chi connectivity index (χ4n) is 7.02. The summed E-state index contributed by atoms with van der Waals surface area (Å²) in [6, 6.07) is 58.6. The summed E-state index contributed by atoms with van der Waals surface area (Å²) in [4.78, 5) is 14.9. The third-order valence-corrected chi connectivity index (χ3v) is 9.47. The molecule has 10 rings (SSSR count). The van der Waals surface area contributed by atoms with Crippen molar-refractivity contribution in [3.05, 3.63) is 170 Å². The van der Waals surface area contributed by atoms with Gasteiger partial charge in [0.25, 0.3) is 0 Å². The summed E-state index contributed by atoms with van der Waals surface area (Å²) in [6.07, 6.45) is 0. The molecule has 0 saturated heterocycles. The SMILES string of the molecule is c1ccc(-c2ccc(-c3nc(-c4ccccc4)nc(-c4ccc(-n5c6ccccc6c6cc7c(cc65)oc5ccccc57)cc4)n3)cc2)cc1. The molecule has 3 heterocycles. The minimum absolute atomic E-state index is 0.624. The highest BCUT2D eigenvalue weighted by atomic mass is 16.3. The minimum atomic E-state index is 0.624. The van der Waals surface area contributed by atoms with Gasteiger partial charge < -0.3 is 8.98 Å². The molecule has 50 heavy (non-hydrogen) atoms. The molecule has 0 atom stereocenters. The molecule has 0 amide bonds. The van der Waals surface area contributed by atoms with Gasteiger partial charge in [0.05, 0.1) is 11.0 Å². The molecule has 0 aliphatic heterocycles. The molecule has 7 aromatic carbocycles. The zero-order chi connectivity index (χ0) is 33.0. The third kappa shape index (κ3) is 4.67. The summed E-state index contributed by atoms with van der Waals surface area (Å²) in [7, 11) is 0. The summed E-state index contributed by atoms with van der Waals surface area (Å²) in [5.74, 6) is 1.90. The molecule has 0 fully saturated rings. The second-order valence-corrected chi connectivity index (χ2v) is 12.5. The number of rotatable bonds is 5. The van der Waals surface area contributed by atoms with E-state index in [1.165, 1.54) is 16.3 Å². The van der Waals surface area contributed by atoms with Gasteiger partial charge in [-0.15, -0.1) is 0 Å². The van der Waals surface area contributed by atoms with Crippen molar-refractivity contribution < 1.29 is 4.42 Å². The predicted octanol–water partition coefficient (Wildman–Crippen LogP) is 11.5. The predicted molar refractivity (Wildman–Crippen MR) is 203 cm³/mol. The first kappa shape index (κ1) is 28.2. The maximum absolute atomic E-state index is 6.31. The van der Waals surface area contributed by atoms with Crippen molar-refractivity contribution in [3.63, 3.8) is 0 Å². The number of furan rings is 1. The first-order valence-corrected chi connectivity index (χ1v) is 16.7. The second-order valence-electron chi connectivity index (χ2n) is 12.5. The summed E-state index contributed by atoms with van der Waals surface area (Å²) >= 11 is 0. The lowest BCUT2D eigenvalue weighted by Gasteiger charge is -2.11. The Morgan fingerprint density at radius 3 is 1.52 bits per heavy atom. The van der Waals surface area contributed by atoms with Crippen molar-refractivity contribution >= 4 is 43.7 Å². The molecule has 234 valence electrons. The van der Waals surface area contributed by atoms with Gasteiger partial charge in [-0.2, -0.15) is 0 Å². The van der Waals surface area contributed by atoms with Crippen molar-refractivity contribution in [2.45, 2.75) is 0 Å². The van der Waals surface area contributed by atoms with E-state index in [0.717, 1.165) is 60.9 Å². The van der Waals surface area contributed by atoms with Crippen LogP contribution in [0.25, 0.3) is 94.7 Å². The molecule has 5 nitrogen and oxygen atoms in total. The molecule has 0 aliphatic carbocycles. The first-order chi connectivity index (χ1) is 24.8. The lowest BCUT2D eigenvalue weighted by Crippen LogP contribution is -2.00. The van der Waals surface area contributed by atoms with Gasteiger partial charge in [0.15, 0.2) is 17.5 Å². The van der Waals surface area contributed by atoms with Gasteiger partial charge in [0.2, 0.25) is 0 Å². The first-order valence-electron chi connectivity index (χ1n) is 16.7. The Hall–Kier alpha value is -6.85. The average Bonchev–Trinajstić information content (AvgIpc) is 3.72. The fraction of sp³-hybridized carbons (Fsp3) is 0. The highest BCUT2D eigenvalue weighted by Crippen LogP contribution is 2.38. The quantitative estimate of drug-likeness (QED) is 0.188. The number of para-hydroxylation sites is 2. The lowest BCUT2D eigenvalue weighted by molar-refractivity contribution is 0.669. The van der Waals surface area contributed by atoms with E-state index in [2.05, 4.69) is 126 Å². The van der Waals surface area contributed by atoms with Crippen LogP contribution >= 0.6 is 0 Å². The monoisotopic (exact) mass is 640 g/mol. The van der Waals surface area contributed by atoms with E-state index in [1.807, 2.05) is 48.5 Å². The Morgan fingerprint density at radius 1 is 0.340 bits per heavy atom. The zero-order valence-corrected chi connectivity index (χ0v) is 26.9. The second kappa shape index (κ2) is 11.4. The van der Waals surface area contributed by atoms with Crippen LogP contribution in [0.15, 0.2) is 174 Å². The van der Waals surface area contributed by atoms with Crippen LogP contribution in [0.5, 0.6) is 0 Å². The average molecular weight is 641 g/mol. The topological polar surface area (TPSA) is 56.7 Å². The summed E-state index contributed by atoms with van der Waals surface area (Å²) in [5.41, 5.74) is 10.2. The van der Waals surface area contributed by atoms with Crippen LogP contribution in [-0.2, 0) is 0 Å². The van der Waals surface area contributed by atoms with E-state index >= 15 is 0 Å². The van der Waals surface area contributed by atoms with E-state index in [1.54, 1.807) is 0 Å². The molecule has 5 heteroatoms. The number of benzene rings is 7. The van der Waals surface area contributed by atoms with Gasteiger partial charge in [-0.3, -0.25) is 0 Å². The van der Waals surface area contributed by atoms with Crippen LogP contribution in [0.2, 0.25) is 0 Å². The Balaban J connectivity index is 1.09. The van der Waals surface area contributed by atoms with Crippen LogP contribution in [0.3, 0.4) is 0 Å². The van der Waals surface area contributed by atoms with E-state index in [9.17, 15) is 0 Å². The van der Waals surface area contributed by atoms with Crippen molar-refractivity contribution in [1.82, 2.24) is 19.5 Å². The normalized spacial score (nSPS) is 11.6. The molecule has 0 radical (unpaired) electrons. The van der Waals surface area contributed by atoms with Gasteiger partial charge in [0.1, 0.15) is 11.2 Å². The van der Waals surface area contributed by atoms with Gasteiger partial charge in [-0.25, -0.2) is 15.0 Å². The van der Waals surface area contributed by atoms with Crippen LogP contribution in [0.1, 0.15) is 0 Å². The molecular formula is C45H28N4O. The Bertz CT molecular complexity index is 2840. The molecule has 0 saturated carbocycles. The van der Waals surface area contributed by atoms with Crippen LogP contribution in [0.4, 0.5) is 0 Å². The van der Waals surface area contributed by atoms with E-state index in [0.29, 0.717) is 17.5 Å². The number of hydrogen-bond donors (Lipinski definition) is 0. The maximum Gasteiger partial charge on any atom is 0.164 e. The van der Waals surface area contributed by atoms with Gasteiger partial charge >= 0.3 is 0 Å². The molecule has 0 aliphatic rings. The Kier molecular flexibility index (Phi) is 6.42. The van der Waals surface area contributed by atoms with Crippen molar-refractivity contribution in [2.75, 3.05) is 0 Å². The van der Waals surface area contributed by atoms with Crippen LogP contribution in [-0.4, -0.2) is 19.5 Å². The molecular weight excluding hydrogens is 613 g/mol. The fourth-order valence-corrected chi connectivity index (χ4v) is 7.02. The number of nitrogens with zero attached hydrogens (tertiary/aromatic N) is 4. The van der Waals surface area contributed by atoms with Crippen LogP contribution < -0.4 is 0 Å². The summed E-state index contributed by atoms with van der Waals surface area (Å²) in [5, 5.41) is 4.65. The minimum Gasteiger partial charge on any atom is -0.456 e. The number of aromatic nitrogens is 4. The molecule has 0 bridgehead atoms. The van der Waals surface area contributed by atoms with Crippen molar-refractivity contribution in [3.8, 4) is 51.0 Å². The largest absolute Gasteiger partial charge is 0.456 e. The molecule has 0 N–H and O–H groups in total. The molecule has 0 spiro atoms. The van der Waals surface area contributed by atoms with Gasteiger partial charge in [-0.05, 0) is 53.6 Å². The highest BCUT2D eigenvalue weighted by molar-refractivity contribution is 6.17. The standard InChI is InChI=1S/C45H28N4O/c1-3-11-29(12-4-1)30-19-21-32(22-20-30)44-46-43(31-13-5-2-6-14-31)47-45(48-44)33-23-25-34(26-24-33)49-39-17-9-7-15-35(39)37-27-38-36-16-8-10-18-41(36)50-42(38)28-40(37)49/h1-28H. The summed E-state index contributed by atoms with van der Waals surface area (Å²) in [6.45, 7) is 0. The Morgan fingerprint density at radius 2 is 0.840 bits per heavy atom. The zero-order valence-electron chi connectivity index (χ0n) is 26.9. The molecule has 0 unspecified atom stereocenters. The molecule has 3 aromatic heterocycles. The lowest BCUT2D eigenvalue weighted by atomic mass is 10.0. The van der Waals surface area contributed by atoms with E-state index in [4.69, 9.17) is 19.4 Å². The smallest absolute Gasteiger partial charge is 0.164 e. The third-order valence-electron chi connectivity index (χ3n) is 9.47. The number of fused-ring (bicyclic) bond motifs is 6. The Labute approximate surface area is 287 Å². The van der Waals surface area contributed by atoms with Crippen LogP contribution in [0, 0.1) is 0 Å². The van der Waals surface area contributed by atoms with E-state index in [-0.39, 0.29) is 0 Å². The maximum atomic E-state index is 6.31. The van der Waals surface area contributed by atoms with Gasteiger partial charge in [0, 0.05) is 50.0 Å². The van der Waals surface area contributed by atoms with Crippen molar-refractivity contribution in [2.24, 2.45) is 0 Å². The summed E-state index contributed by atoms with van der Waals surface area (Å²) < 4.78 is 8.62. The van der Waals surface area contributed by atoms with E-state index < -0.39 is 0 Å².